The van der Waals surface area contributed by atoms with Gasteiger partial charge in [0.05, 0.1) is 0 Å². The van der Waals surface area contributed by atoms with Gasteiger partial charge in [0.1, 0.15) is 0 Å². The van der Waals surface area contributed by atoms with E-state index in [0.29, 0.717) is 22.3 Å². The number of carbonyl (C=O) groups is 2. The molecule has 0 saturated carbocycles. The molecule has 1 aliphatic rings. The summed E-state index contributed by atoms with van der Waals surface area (Å²) in [5.41, 5.74) is 2.58. The van der Waals surface area contributed by atoms with Gasteiger partial charge in [-0.15, -0.1) is 0 Å². The van der Waals surface area contributed by atoms with Crippen molar-refractivity contribution in [1.29, 1.82) is 0 Å². The highest BCUT2D eigenvalue weighted by Crippen LogP contribution is 2.37. The second-order valence-electron chi connectivity index (χ2n) is 4.52. The van der Waals surface area contributed by atoms with Crippen LogP contribution in [0.4, 0.5) is 0 Å². The van der Waals surface area contributed by atoms with Gasteiger partial charge in [0.15, 0.2) is 11.9 Å². The molecule has 0 spiro atoms. The minimum Gasteiger partial charge on any atom is -0.449 e. The number of ether oxygens (including phenoxy) is 1. The SMILES string of the molecule is C=CC(=O)OC1c2ccccc2C(=O)c2ccccc21. The molecule has 98 valence electrons. The van der Waals surface area contributed by atoms with Crippen LogP contribution in [0, 0.1) is 0 Å². The Labute approximate surface area is 116 Å². The Hall–Kier alpha value is -2.68. The number of ketones is 1. The van der Waals surface area contributed by atoms with E-state index in [1.807, 2.05) is 24.3 Å². The molecular formula is C17H12O3. The van der Waals surface area contributed by atoms with Crippen LogP contribution in [0.25, 0.3) is 0 Å². The summed E-state index contributed by atoms with van der Waals surface area (Å²) in [4.78, 5) is 24.0. The average molecular weight is 264 g/mol. The van der Waals surface area contributed by atoms with Crippen molar-refractivity contribution in [2.75, 3.05) is 0 Å². The fourth-order valence-corrected chi connectivity index (χ4v) is 2.47. The molecule has 2 aromatic carbocycles. The molecule has 0 N–H and O–H groups in total. The largest absolute Gasteiger partial charge is 0.449 e. The van der Waals surface area contributed by atoms with E-state index in [1.165, 1.54) is 0 Å². The lowest BCUT2D eigenvalue weighted by molar-refractivity contribution is -0.141. The number of fused-ring (bicyclic) bond motifs is 2. The van der Waals surface area contributed by atoms with Crippen LogP contribution in [0.3, 0.4) is 0 Å². The maximum Gasteiger partial charge on any atom is 0.331 e. The molecule has 3 heteroatoms. The summed E-state index contributed by atoms with van der Waals surface area (Å²) in [6, 6.07) is 14.4. The quantitative estimate of drug-likeness (QED) is 0.618. The van der Waals surface area contributed by atoms with E-state index in [0.717, 1.165) is 6.08 Å². The highest BCUT2D eigenvalue weighted by molar-refractivity contribution is 6.12. The Bertz CT molecular complexity index is 666. The predicted octanol–water partition coefficient (Wildman–Crippen LogP) is 3.05. The van der Waals surface area contributed by atoms with Crippen molar-refractivity contribution in [1.82, 2.24) is 0 Å². The minimum atomic E-state index is -0.564. The van der Waals surface area contributed by atoms with Crippen LogP contribution in [-0.4, -0.2) is 11.8 Å². The summed E-state index contributed by atoms with van der Waals surface area (Å²) in [5.74, 6) is -0.545. The van der Waals surface area contributed by atoms with Crippen LogP contribution in [-0.2, 0) is 9.53 Å². The molecule has 0 amide bonds. The summed E-state index contributed by atoms with van der Waals surface area (Å²) in [7, 11) is 0. The minimum absolute atomic E-state index is 0.0397. The fourth-order valence-electron chi connectivity index (χ4n) is 2.47. The Morgan fingerprint density at radius 1 is 1.00 bits per heavy atom. The number of carbonyl (C=O) groups excluding carboxylic acids is 2. The molecule has 0 heterocycles. The van der Waals surface area contributed by atoms with E-state index in [2.05, 4.69) is 6.58 Å². The van der Waals surface area contributed by atoms with Gasteiger partial charge in [-0.05, 0) is 0 Å². The summed E-state index contributed by atoms with van der Waals surface area (Å²) in [5, 5.41) is 0. The van der Waals surface area contributed by atoms with Gasteiger partial charge in [-0.2, -0.15) is 0 Å². The van der Waals surface area contributed by atoms with Gasteiger partial charge in [0.25, 0.3) is 0 Å². The molecule has 0 fully saturated rings. The topological polar surface area (TPSA) is 43.4 Å². The lowest BCUT2D eigenvalue weighted by atomic mass is 9.83. The van der Waals surface area contributed by atoms with Crippen LogP contribution in [0.5, 0.6) is 0 Å². The Kier molecular flexibility index (Phi) is 2.95. The normalized spacial score (nSPS) is 13.3. The Balaban J connectivity index is 2.19. The lowest BCUT2D eigenvalue weighted by Gasteiger charge is -2.26. The zero-order chi connectivity index (χ0) is 14.1. The third-order valence-corrected chi connectivity index (χ3v) is 3.38. The van der Waals surface area contributed by atoms with E-state index in [-0.39, 0.29) is 5.78 Å². The van der Waals surface area contributed by atoms with E-state index < -0.39 is 12.1 Å². The first-order valence-electron chi connectivity index (χ1n) is 6.28. The van der Waals surface area contributed by atoms with Gasteiger partial charge in [-0.3, -0.25) is 4.79 Å². The molecule has 20 heavy (non-hydrogen) atoms. The molecule has 0 atom stereocenters. The van der Waals surface area contributed by atoms with E-state index in [9.17, 15) is 9.59 Å². The van der Waals surface area contributed by atoms with Gasteiger partial charge >= 0.3 is 5.97 Å². The molecule has 3 nitrogen and oxygen atoms in total. The summed E-state index contributed by atoms with van der Waals surface area (Å²) >= 11 is 0. The summed E-state index contributed by atoms with van der Waals surface area (Å²) < 4.78 is 5.43. The lowest BCUT2D eigenvalue weighted by Crippen LogP contribution is -2.22. The molecule has 1 aliphatic carbocycles. The number of hydrogen-bond donors (Lipinski definition) is 0. The number of hydrogen-bond acceptors (Lipinski definition) is 3. The summed E-state index contributed by atoms with van der Waals surface area (Å²) in [6.45, 7) is 3.41. The van der Waals surface area contributed by atoms with Crippen LogP contribution in [0.1, 0.15) is 33.2 Å². The van der Waals surface area contributed by atoms with E-state index >= 15 is 0 Å². The van der Waals surface area contributed by atoms with Crippen molar-refractivity contribution in [3.8, 4) is 0 Å². The molecule has 0 aliphatic heterocycles. The molecular weight excluding hydrogens is 252 g/mol. The summed E-state index contributed by atoms with van der Waals surface area (Å²) in [6.07, 6.45) is 0.562. The predicted molar refractivity (Wildman–Crippen MR) is 74.4 cm³/mol. The van der Waals surface area contributed by atoms with Crippen molar-refractivity contribution in [2.45, 2.75) is 6.10 Å². The highest BCUT2D eigenvalue weighted by Gasteiger charge is 2.32. The zero-order valence-corrected chi connectivity index (χ0v) is 10.7. The third-order valence-electron chi connectivity index (χ3n) is 3.38. The Morgan fingerprint density at radius 2 is 1.50 bits per heavy atom. The second kappa shape index (κ2) is 4.78. The smallest absolute Gasteiger partial charge is 0.331 e. The number of benzene rings is 2. The first kappa shape index (κ1) is 12.4. The first-order chi connectivity index (χ1) is 9.72. The molecule has 0 unspecified atom stereocenters. The van der Waals surface area contributed by atoms with Crippen LogP contribution >= 0.6 is 0 Å². The first-order valence-corrected chi connectivity index (χ1v) is 6.28. The number of rotatable bonds is 2. The van der Waals surface area contributed by atoms with Crippen molar-refractivity contribution in [3.63, 3.8) is 0 Å². The second-order valence-corrected chi connectivity index (χ2v) is 4.52. The highest BCUT2D eigenvalue weighted by atomic mass is 16.5. The van der Waals surface area contributed by atoms with Crippen LogP contribution in [0.15, 0.2) is 61.2 Å². The van der Waals surface area contributed by atoms with Gasteiger partial charge in [0, 0.05) is 28.3 Å². The monoisotopic (exact) mass is 264 g/mol. The van der Waals surface area contributed by atoms with Crippen molar-refractivity contribution < 1.29 is 14.3 Å². The van der Waals surface area contributed by atoms with Crippen molar-refractivity contribution in [3.05, 3.63) is 83.4 Å². The maximum atomic E-state index is 12.4. The van der Waals surface area contributed by atoms with Crippen molar-refractivity contribution >= 4 is 11.8 Å². The van der Waals surface area contributed by atoms with E-state index in [4.69, 9.17) is 4.74 Å². The average Bonchev–Trinajstić information content (AvgIpc) is 2.51. The third kappa shape index (κ3) is 1.84. The van der Waals surface area contributed by atoms with Gasteiger partial charge in [0.2, 0.25) is 0 Å². The standard InChI is InChI=1S/C17H12O3/c1-2-15(18)20-17-13-9-5-3-7-11(13)16(19)12-8-4-6-10-14(12)17/h2-10,17H,1H2. The maximum absolute atomic E-state index is 12.4. The molecule has 3 rings (SSSR count). The molecule has 0 saturated heterocycles. The molecule has 0 aromatic heterocycles. The van der Waals surface area contributed by atoms with Crippen LogP contribution in [0.2, 0.25) is 0 Å². The van der Waals surface area contributed by atoms with Crippen LogP contribution < -0.4 is 0 Å². The zero-order valence-electron chi connectivity index (χ0n) is 10.7. The Morgan fingerprint density at radius 3 is 2.00 bits per heavy atom. The number of esters is 1. The van der Waals surface area contributed by atoms with Gasteiger partial charge in [-0.25, -0.2) is 4.79 Å². The van der Waals surface area contributed by atoms with E-state index in [1.54, 1.807) is 24.3 Å². The van der Waals surface area contributed by atoms with Crippen molar-refractivity contribution in [2.24, 2.45) is 0 Å². The molecule has 2 aromatic rings. The fraction of sp³-hybridized carbons (Fsp3) is 0.0588. The van der Waals surface area contributed by atoms with Gasteiger partial charge in [-0.1, -0.05) is 55.1 Å². The molecule has 0 radical (unpaired) electrons. The van der Waals surface area contributed by atoms with Gasteiger partial charge < -0.3 is 4.74 Å². The molecule has 0 bridgehead atoms.